The number of nitrogens with zero attached hydrogens (tertiary/aromatic N) is 2. The van der Waals surface area contributed by atoms with Crippen molar-refractivity contribution in [3.63, 3.8) is 0 Å². The number of aromatic nitrogens is 2. The molecule has 0 radical (unpaired) electrons. The lowest BCUT2D eigenvalue weighted by Gasteiger charge is -2.29. The van der Waals surface area contributed by atoms with E-state index in [0.29, 0.717) is 5.92 Å². The molecule has 0 aliphatic carbocycles. The first kappa shape index (κ1) is 21.0. The molecule has 3 aromatic carbocycles. The molecule has 0 fully saturated rings. The van der Waals surface area contributed by atoms with Gasteiger partial charge in [0, 0.05) is 50.0 Å². The zero-order valence-electron chi connectivity index (χ0n) is 20.5. The summed E-state index contributed by atoms with van der Waals surface area (Å²) < 4.78 is 7.55. The molecular formula is C34H26N2S+2. The molecule has 0 amide bonds. The van der Waals surface area contributed by atoms with Crippen molar-refractivity contribution in [1.29, 1.82) is 0 Å². The second-order valence-electron chi connectivity index (χ2n) is 10.2. The molecule has 3 heteroatoms. The number of rotatable bonds is 0. The van der Waals surface area contributed by atoms with E-state index in [4.69, 9.17) is 6.58 Å². The quantitative estimate of drug-likeness (QED) is 0.191. The summed E-state index contributed by atoms with van der Waals surface area (Å²) in [7, 11) is 0. The summed E-state index contributed by atoms with van der Waals surface area (Å²) in [5.74, 6) is 0.341. The van der Waals surface area contributed by atoms with Crippen molar-refractivity contribution in [2.24, 2.45) is 0 Å². The number of allylic oxidation sites excluding steroid dienone is 1. The highest BCUT2D eigenvalue weighted by atomic mass is 32.1. The molecule has 0 saturated carbocycles. The zero-order valence-corrected chi connectivity index (χ0v) is 21.3. The van der Waals surface area contributed by atoms with E-state index in [1.165, 1.54) is 53.8 Å². The molecule has 37 heavy (non-hydrogen) atoms. The molecule has 176 valence electrons. The lowest BCUT2D eigenvalue weighted by Crippen LogP contribution is -2.53. The van der Waals surface area contributed by atoms with Crippen molar-refractivity contribution < 1.29 is 9.13 Å². The minimum absolute atomic E-state index is 0.143. The fourth-order valence-corrected chi connectivity index (χ4v) is 8.00. The van der Waals surface area contributed by atoms with Crippen molar-refractivity contribution in [3.05, 3.63) is 127 Å². The van der Waals surface area contributed by atoms with Gasteiger partial charge in [0.25, 0.3) is 0 Å². The van der Waals surface area contributed by atoms with Gasteiger partial charge < -0.3 is 0 Å². The standard InChI is InChI=1S/C34H26N2S/c1-22-33-27(24-10-2-3-11-25(24)29-13-6-9-21-36(29)33)18-16-23-17-19-28-26-12-4-5-15-31(26)37-34(28)32(23)30-14-7-8-20-35(22)30/h2-15,17,19-21,27,33H,1,16,18H2/q+2. The molecule has 2 aliphatic heterocycles. The summed E-state index contributed by atoms with van der Waals surface area (Å²) in [5.41, 5.74) is 9.19. The van der Waals surface area contributed by atoms with Crippen LogP contribution in [0.2, 0.25) is 0 Å². The Morgan fingerprint density at radius 2 is 1.51 bits per heavy atom. The van der Waals surface area contributed by atoms with E-state index in [1.807, 2.05) is 11.3 Å². The first-order chi connectivity index (χ1) is 18.3. The van der Waals surface area contributed by atoms with Crippen molar-refractivity contribution >= 4 is 37.2 Å². The summed E-state index contributed by atoms with van der Waals surface area (Å²) in [4.78, 5) is 0. The summed E-state index contributed by atoms with van der Waals surface area (Å²) >= 11 is 1.92. The maximum absolute atomic E-state index is 4.80. The molecule has 0 bridgehead atoms. The normalized spacial score (nSPS) is 18.1. The maximum Gasteiger partial charge on any atom is 0.249 e. The van der Waals surface area contributed by atoms with Gasteiger partial charge in [-0.25, -0.2) is 0 Å². The zero-order chi connectivity index (χ0) is 24.5. The number of benzene rings is 3. The third-order valence-corrected chi connectivity index (χ3v) is 9.54. The maximum atomic E-state index is 4.80. The van der Waals surface area contributed by atoms with Crippen LogP contribution in [-0.4, -0.2) is 0 Å². The van der Waals surface area contributed by atoms with Crippen LogP contribution in [0.15, 0.2) is 116 Å². The average molecular weight is 495 g/mol. The Kier molecular flexibility index (Phi) is 4.53. The Balaban J connectivity index is 1.44. The van der Waals surface area contributed by atoms with Gasteiger partial charge in [-0.05, 0) is 54.8 Å². The Labute approximate surface area is 220 Å². The fraction of sp³-hybridized carbons (Fsp3) is 0.118. The van der Waals surface area contributed by atoms with Crippen molar-refractivity contribution in [2.75, 3.05) is 0 Å². The highest BCUT2D eigenvalue weighted by Gasteiger charge is 2.46. The largest absolute Gasteiger partial charge is 0.249 e. The van der Waals surface area contributed by atoms with E-state index in [-0.39, 0.29) is 6.04 Å². The Hall–Kier alpha value is -4.08. The van der Waals surface area contributed by atoms with Crippen molar-refractivity contribution in [1.82, 2.24) is 0 Å². The molecule has 0 spiro atoms. The van der Waals surface area contributed by atoms with Gasteiger partial charge in [0.2, 0.25) is 23.1 Å². The number of aryl methyl sites for hydroxylation is 1. The third kappa shape index (κ3) is 2.98. The summed E-state index contributed by atoms with van der Waals surface area (Å²) in [6, 6.07) is 35.8. The van der Waals surface area contributed by atoms with Crippen LogP contribution in [0.1, 0.15) is 29.5 Å². The van der Waals surface area contributed by atoms with Crippen LogP contribution in [0, 0.1) is 0 Å². The second-order valence-corrected chi connectivity index (χ2v) is 11.2. The highest BCUT2D eigenvalue weighted by Crippen LogP contribution is 2.47. The van der Waals surface area contributed by atoms with Gasteiger partial charge in [-0.1, -0.05) is 48.5 Å². The van der Waals surface area contributed by atoms with Gasteiger partial charge in [-0.3, -0.25) is 0 Å². The minimum atomic E-state index is 0.143. The first-order valence-corrected chi connectivity index (χ1v) is 13.8. The third-order valence-electron chi connectivity index (χ3n) is 8.33. The second kappa shape index (κ2) is 7.96. The van der Waals surface area contributed by atoms with Crippen molar-refractivity contribution in [2.45, 2.75) is 24.8 Å². The van der Waals surface area contributed by atoms with E-state index in [9.17, 15) is 0 Å². The highest BCUT2D eigenvalue weighted by molar-refractivity contribution is 7.26. The minimum Gasteiger partial charge on any atom is -0.184 e. The molecule has 2 unspecified atom stereocenters. The van der Waals surface area contributed by atoms with Gasteiger partial charge >= 0.3 is 0 Å². The number of hydrogen-bond acceptors (Lipinski definition) is 1. The van der Waals surface area contributed by atoms with Crippen LogP contribution in [0.5, 0.6) is 0 Å². The molecule has 0 saturated heterocycles. The van der Waals surface area contributed by atoms with Gasteiger partial charge in [-0.15, -0.1) is 11.3 Å². The predicted octanol–water partition coefficient (Wildman–Crippen LogP) is 7.72. The summed E-state index contributed by atoms with van der Waals surface area (Å²) in [6.07, 6.45) is 6.55. The summed E-state index contributed by atoms with van der Waals surface area (Å²) in [6.45, 7) is 4.80. The molecule has 0 N–H and O–H groups in total. The van der Waals surface area contributed by atoms with E-state index >= 15 is 0 Å². The SMILES string of the molecule is C=C1C2C(CCc3ccc4c(sc5ccccc54)c3-c3cccc[n+]31)c1ccccc1-c1cccc[n+]12. The molecular weight excluding hydrogens is 468 g/mol. The van der Waals surface area contributed by atoms with Crippen LogP contribution in [0.25, 0.3) is 48.4 Å². The monoisotopic (exact) mass is 494 g/mol. The first-order valence-electron chi connectivity index (χ1n) is 13.0. The van der Waals surface area contributed by atoms with Gasteiger partial charge in [0.15, 0.2) is 12.4 Å². The molecule has 2 nitrogen and oxygen atoms in total. The van der Waals surface area contributed by atoms with E-state index < -0.39 is 0 Å². The summed E-state index contributed by atoms with van der Waals surface area (Å²) in [5, 5.41) is 2.70. The number of hydrogen-bond donors (Lipinski definition) is 0. The Morgan fingerprint density at radius 3 is 2.46 bits per heavy atom. The van der Waals surface area contributed by atoms with Crippen LogP contribution in [-0.2, 0) is 6.42 Å². The van der Waals surface area contributed by atoms with Crippen molar-refractivity contribution in [3.8, 4) is 22.5 Å². The average Bonchev–Trinajstić information content (AvgIpc) is 3.35. The van der Waals surface area contributed by atoms with Gasteiger partial charge in [0.1, 0.15) is 0 Å². The van der Waals surface area contributed by atoms with Crippen LogP contribution >= 0.6 is 11.3 Å². The van der Waals surface area contributed by atoms with Crippen LogP contribution in [0.4, 0.5) is 0 Å². The number of pyridine rings is 2. The van der Waals surface area contributed by atoms with Gasteiger partial charge in [-0.2, -0.15) is 9.13 Å². The van der Waals surface area contributed by atoms with E-state index in [1.54, 1.807) is 0 Å². The van der Waals surface area contributed by atoms with E-state index in [2.05, 4.69) is 119 Å². The smallest absolute Gasteiger partial charge is 0.184 e. The molecule has 2 aliphatic rings. The predicted molar refractivity (Wildman–Crippen MR) is 152 cm³/mol. The topological polar surface area (TPSA) is 7.76 Å². The molecule has 2 atom stereocenters. The number of fused-ring (bicyclic) bond motifs is 13. The van der Waals surface area contributed by atoms with Gasteiger partial charge in [0.05, 0.1) is 11.5 Å². The van der Waals surface area contributed by atoms with Crippen LogP contribution in [0.3, 0.4) is 0 Å². The Bertz CT molecular complexity index is 1880. The lowest BCUT2D eigenvalue weighted by molar-refractivity contribution is -0.727. The fourth-order valence-electron chi connectivity index (χ4n) is 6.72. The lowest BCUT2D eigenvalue weighted by atomic mass is 9.78. The number of thiophene rings is 1. The Morgan fingerprint density at radius 1 is 0.730 bits per heavy atom. The van der Waals surface area contributed by atoms with E-state index in [0.717, 1.165) is 18.5 Å². The molecule has 5 heterocycles. The molecule has 3 aromatic heterocycles. The molecule has 6 aromatic rings. The molecule has 8 rings (SSSR count). The van der Waals surface area contributed by atoms with Crippen LogP contribution < -0.4 is 9.13 Å².